The van der Waals surface area contributed by atoms with Crippen LogP contribution in [0.5, 0.6) is 0 Å². The van der Waals surface area contributed by atoms with Crippen LogP contribution in [-0.2, 0) is 0 Å². The number of aryl methyl sites for hydroxylation is 1. The molecule has 104 valence electrons. The molecule has 0 aliphatic carbocycles. The van der Waals surface area contributed by atoms with E-state index in [1.165, 1.54) is 0 Å². The van der Waals surface area contributed by atoms with Gasteiger partial charge >= 0.3 is 0 Å². The third-order valence-corrected chi connectivity index (χ3v) is 3.53. The second-order valence-electron chi connectivity index (χ2n) is 4.98. The van der Waals surface area contributed by atoms with Gasteiger partial charge in [-0.2, -0.15) is 0 Å². The van der Waals surface area contributed by atoms with Crippen molar-refractivity contribution in [3.8, 4) is 11.1 Å². The van der Waals surface area contributed by atoms with Gasteiger partial charge in [0.2, 0.25) is 0 Å². The maximum Gasteiger partial charge on any atom is 0.251 e. The van der Waals surface area contributed by atoms with E-state index in [1.807, 2.05) is 49.4 Å². The first kappa shape index (κ1) is 13.3. The summed E-state index contributed by atoms with van der Waals surface area (Å²) in [6, 6.07) is 17.8. The van der Waals surface area contributed by atoms with E-state index in [2.05, 4.69) is 22.4 Å². The highest BCUT2D eigenvalue weighted by atomic mass is 16.1. The molecule has 3 heteroatoms. The van der Waals surface area contributed by atoms with Gasteiger partial charge in [-0.25, -0.2) is 0 Å². The monoisotopic (exact) mass is 276 g/mol. The lowest BCUT2D eigenvalue weighted by atomic mass is 9.98. The molecule has 2 aromatic carbocycles. The Labute approximate surface area is 123 Å². The van der Waals surface area contributed by atoms with Crippen LogP contribution in [0.15, 0.2) is 54.6 Å². The molecule has 0 saturated heterocycles. The fraction of sp³-hybridized carbons (Fsp3) is 0.111. The molecule has 3 rings (SSSR count). The SMILES string of the molecule is CNC(=O)c1cccc(-c2cccc3nc(C)ccc23)c1. The minimum absolute atomic E-state index is 0.0777. The van der Waals surface area contributed by atoms with Crippen LogP contribution < -0.4 is 5.32 Å². The van der Waals surface area contributed by atoms with Gasteiger partial charge in [-0.1, -0.05) is 30.3 Å². The number of amides is 1. The molecule has 3 nitrogen and oxygen atoms in total. The number of nitrogens with zero attached hydrogens (tertiary/aromatic N) is 1. The molecule has 0 radical (unpaired) electrons. The van der Waals surface area contributed by atoms with Crippen molar-refractivity contribution in [2.75, 3.05) is 7.05 Å². The van der Waals surface area contributed by atoms with Gasteiger partial charge in [0.05, 0.1) is 5.52 Å². The van der Waals surface area contributed by atoms with Gasteiger partial charge in [-0.05, 0) is 42.3 Å². The molecule has 1 heterocycles. The second-order valence-corrected chi connectivity index (χ2v) is 4.98. The Kier molecular flexibility index (Phi) is 3.40. The largest absolute Gasteiger partial charge is 0.355 e. The zero-order chi connectivity index (χ0) is 14.8. The van der Waals surface area contributed by atoms with Crippen LogP contribution in [-0.4, -0.2) is 17.9 Å². The van der Waals surface area contributed by atoms with Gasteiger partial charge in [-0.15, -0.1) is 0 Å². The summed E-state index contributed by atoms with van der Waals surface area (Å²) in [7, 11) is 1.64. The van der Waals surface area contributed by atoms with Gasteiger partial charge in [0.25, 0.3) is 5.91 Å². The topological polar surface area (TPSA) is 42.0 Å². The highest BCUT2D eigenvalue weighted by Crippen LogP contribution is 2.28. The average Bonchev–Trinajstić information content (AvgIpc) is 2.53. The van der Waals surface area contributed by atoms with Crippen molar-refractivity contribution in [3.05, 3.63) is 65.9 Å². The number of hydrogen-bond donors (Lipinski definition) is 1. The summed E-state index contributed by atoms with van der Waals surface area (Å²) in [5.41, 5.74) is 4.74. The molecule has 0 unspecified atom stereocenters. The number of carbonyl (C=O) groups is 1. The maximum atomic E-state index is 11.8. The summed E-state index contributed by atoms with van der Waals surface area (Å²) in [5.74, 6) is -0.0777. The average molecular weight is 276 g/mol. The van der Waals surface area contributed by atoms with Gasteiger partial charge < -0.3 is 5.32 Å². The molecule has 1 amide bonds. The Morgan fingerprint density at radius 3 is 2.67 bits per heavy atom. The molecule has 1 N–H and O–H groups in total. The van der Waals surface area contributed by atoms with Crippen LogP contribution in [0.2, 0.25) is 0 Å². The van der Waals surface area contributed by atoms with Crippen molar-refractivity contribution >= 4 is 16.8 Å². The highest BCUT2D eigenvalue weighted by molar-refractivity contribution is 5.98. The van der Waals surface area contributed by atoms with E-state index in [0.29, 0.717) is 5.56 Å². The summed E-state index contributed by atoms with van der Waals surface area (Å²) in [6.07, 6.45) is 0. The van der Waals surface area contributed by atoms with E-state index in [0.717, 1.165) is 27.7 Å². The van der Waals surface area contributed by atoms with E-state index >= 15 is 0 Å². The van der Waals surface area contributed by atoms with E-state index in [1.54, 1.807) is 7.05 Å². The lowest BCUT2D eigenvalue weighted by Gasteiger charge is -2.08. The van der Waals surface area contributed by atoms with Crippen LogP contribution in [0.25, 0.3) is 22.0 Å². The van der Waals surface area contributed by atoms with Crippen molar-refractivity contribution in [2.45, 2.75) is 6.92 Å². The smallest absolute Gasteiger partial charge is 0.251 e. The first-order valence-corrected chi connectivity index (χ1v) is 6.88. The number of benzene rings is 2. The van der Waals surface area contributed by atoms with Crippen molar-refractivity contribution < 1.29 is 4.79 Å². The van der Waals surface area contributed by atoms with Crippen molar-refractivity contribution in [3.63, 3.8) is 0 Å². The first-order chi connectivity index (χ1) is 10.2. The fourth-order valence-corrected chi connectivity index (χ4v) is 2.48. The minimum Gasteiger partial charge on any atom is -0.355 e. The predicted octanol–water partition coefficient (Wildman–Crippen LogP) is 3.57. The number of nitrogens with one attached hydrogen (secondary N) is 1. The fourth-order valence-electron chi connectivity index (χ4n) is 2.48. The molecule has 0 saturated carbocycles. The number of hydrogen-bond acceptors (Lipinski definition) is 2. The van der Waals surface area contributed by atoms with Gasteiger partial charge in [0.15, 0.2) is 0 Å². The molecule has 0 aliphatic heterocycles. The van der Waals surface area contributed by atoms with Gasteiger partial charge in [-0.3, -0.25) is 9.78 Å². The predicted molar refractivity (Wildman–Crippen MR) is 85.3 cm³/mol. The first-order valence-electron chi connectivity index (χ1n) is 6.88. The van der Waals surface area contributed by atoms with Crippen molar-refractivity contribution in [2.24, 2.45) is 0 Å². The summed E-state index contributed by atoms with van der Waals surface area (Å²) in [4.78, 5) is 16.3. The van der Waals surface area contributed by atoms with Crippen molar-refractivity contribution in [1.82, 2.24) is 10.3 Å². The molecular formula is C18H16N2O. The van der Waals surface area contributed by atoms with Crippen molar-refractivity contribution in [1.29, 1.82) is 0 Å². The van der Waals surface area contributed by atoms with Gasteiger partial charge in [0.1, 0.15) is 0 Å². The lowest BCUT2D eigenvalue weighted by Crippen LogP contribution is -2.17. The number of carbonyl (C=O) groups excluding carboxylic acids is 1. The number of aromatic nitrogens is 1. The Hall–Kier alpha value is -2.68. The van der Waals surface area contributed by atoms with Crippen LogP contribution >= 0.6 is 0 Å². The summed E-state index contributed by atoms with van der Waals surface area (Å²) >= 11 is 0. The quantitative estimate of drug-likeness (QED) is 0.777. The molecule has 1 aromatic heterocycles. The second kappa shape index (κ2) is 5.37. The molecule has 0 aliphatic rings. The minimum atomic E-state index is -0.0777. The number of pyridine rings is 1. The molecule has 21 heavy (non-hydrogen) atoms. The van der Waals surface area contributed by atoms with Gasteiger partial charge in [0, 0.05) is 23.7 Å². The zero-order valence-electron chi connectivity index (χ0n) is 12.1. The summed E-state index contributed by atoms with van der Waals surface area (Å²) in [6.45, 7) is 1.98. The Balaban J connectivity index is 2.19. The molecule has 3 aromatic rings. The third-order valence-electron chi connectivity index (χ3n) is 3.53. The lowest BCUT2D eigenvalue weighted by molar-refractivity contribution is 0.0963. The molecule has 0 spiro atoms. The molecular weight excluding hydrogens is 260 g/mol. The van der Waals surface area contributed by atoms with Crippen LogP contribution in [0.3, 0.4) is 0 Å². The molecule has 0 atom stereocenters. The van der Waals surface area contributed by atoms with E-state index < -0.39 is 0 Å². The maximum absolute atomic E-state index is 11.8. The summed E-state index contributed by atoms with van der Waals surface area (Å²) in [5, 5.41) is 3.75. The molecule has 0 fully saturated rings. The zero-order valence-corrected chi connectivity index (χ0v) is 12.1. The van der Waals surface area contributed by atoms with Crippen LogP contribution in [0.1, 0.15) is 16.1 Å². The number of rotatable bonds is 2. The van der Waals surface area contributed by atoms with E-state index in [9.17, 15) is 4.79 Å². The Bertz CT molecular complexity index is 824. The third kappa shape index (κ3) is 2.50. The van der Waals surface area contributed by atoms with Crippen LogP contribution in [0, 0.1) is 6.92 Å². The molecule has 0 bridgehead atoms. The standard InChI is InChI=1S/C18H16N2O/c1-12-9-10-16-15(7-4-8-17(16)20-12)13-5-3-6-14(11-13)18(21)19-2/h3-11H,1-2H3,(H,19,21). The normalized spacial score (nSPS) is 10.6. The highest BCUT2D eigenvalue weighted by Gasteiger charge is 2.08. The van der Waals surface area contributed by atoms with E-state index in [4.69, 9.17) is 0 Å². The Morgan fingerprint density at radius 2 is 1.86 bits per heavy atom. The Morgan fingerprint density at radius 1 is 1.05 bits per heavy atom. The summed E-state index contributed by atoms with van der Waals surface area (Å²) < 4.78 is 0. The van der Waals surface area contributed by atoms with Crippen LogP contribution in [0.4, 0.5) is 0 Å². The number of fused-ring (bicyclic) bond motifs is 1. The van der Waals surface area contributed by atoms with E-state index in [-0.39, 0.29) is 5.91 Å².